The van der Waals surface area contributed by atoms with E-state index in [0.29, 0.717) is 24.6 Å². The van der Waals surface area contributed by atoms with E-state index in [-0.39, 0.29) is 18.9 Å². The van der Waals surface area contributed by atoms with E-state index < -0.39 is 5.91 Å². The van der Waals surface area contributed by atoms with Crippen molar-refractivity contribution in [2.75, 3.05) is 26.2 Å². The monoisotopic (exact) mass is 290 g/mol. The topological polar surface area (TPSA) is 72.6 Å². The highest BCUT2D eigenvalue weighted by atomic mass is 16.5. The third-order valence-corrected chi connectivity index (χ3v) is 3.38. The standard InChI is InChI=1S/C16H22N2O3/c1-11(2)8-18(10-16(17)20)9-14(19)12-3-4-15-13(7-12)5-6-21-15/h3-4,7,11H,5-6,8-10H2,1-2H3,(H2,17,20). The van der Waals surface area contributed by atoms with Crippen LogP contribution < -0.4 is 10.5 Å². The predicted molar refractivity (Wildman–Crippen MR) is 80.4 cm³/mol. The number of nitrogens with zero attached hydrogens (tertiary/aromatic N) is 1. The number of nitrogens with two attached hydrogens (primary N) is 1. The molecule has 1 heterocycles. The number of carbonyl (C=O) groups is 2. The molecule has 0 bridgehead atoms. The zero-order chi connectivity index (χ0) is 15.4. The molecule has 0 atom stereocenters. The van der Waals surface area contributed by atoms with Crippen molar-refractivity contribution in [3.63, 3.8) is 0 Å². The van der Waals surface area contributed by atoms with Crippen LogP contribution in [0, 0.1) is 5.92 Å². The van der Waals surface area contributed by atoms with E-state index in [0.717, 1.165) is 17.7 Å². The van der Waals surface area contributed by atoms with Crippen molar-refractivity contribution >= 4 is 11.7 Å². The maximum absolute atomic E-state index is 12.4. The third kappa shape index (κ3) is 4.29. The molecule has 2 rings (SSSR count). The van der Waals surface area contributed by atoms with Crippen molar-refractivity contribution in [3.8, 4) is 5.75 Å². The number of primary amides is 1. The largest absolute Gasteiger partial charge is 0.493 e. The second kappa shape index (κ2) is 6.72. The summed E-state index contributed by atoms with van der Waals surface area (Å²) in [7, 11) is 0. The average Bonchev–Trinajstić information content (AvgIpc) is 2.83. The van der Waals surface area contributed by atoms with Gasteiger partial charge in [0.05, 0.1) is 19.7 Å². The number of ether oxygens (including phenoxy) is 1. The number of Topliss-reactive ketones (excluding diaryl/α,β-unsaturated/α-hetero) is 1. The van der Waals surface area contributed by atoms with Gasteiger partial charge in [-0.2, -0.15) is 0 Å². The minimum Gasteiger partial charge on any atom is -0.493 e. The molecule has 0 unspecified atom stereocenters. The van der Waals surface area contributed by atoms with Gasteiger partial charge in [0.2, 0.25) is 5.91 Å². The van der Waals surface area contributed by atoms with E-state index in [9.17, 15) is 9.59 Å². The zero-order valence-electron chi connectivity index (χ0n) is 12.6. The molecule has 21 heavy (non-hydrogen) atoms. The molecule has 0 saturated carbocycles. The summed E-state index contributed by atoms with van der Waals surface area (Å²) < 4.78 is 5.44. The predicted octanol–water partition coefficient (Wildman–Crippen LogP) is 1.25. The third-order valence-electron chi connectivity index (χ3n) is 3.38. The molecule has 1 aromatic carbocycles. The van der Waals surface area contributed by atoms with Gasteiger partial charge >= 0.3 is 0 Å². The van der Waals surface area contributed by atoms with Crippen LogP contribution in [0.2, 0.25) is 0 Å². The maximum atomic E-state index is 12.4. The Labute approximate surface area is 125 Å². The summed E-state index contributed by atoms with van der Waals surface area (Å²) in [5.41, 5.74) is 6.99. The molecule has 0 aliphatic carbocycles. The van der Waals surface area contributed by atoms with Crippen molar-refractivity contribution in [1.82, 2.24) is 4.90 Å². The molecule has 1 amide bonds. The first-order valence-electron chi connectivity index (χ1n) is 7.25. The van der Waals surface area contributed by atoms with Crippen molar-refractivity contribution in [1.29, 1.82) is 0 Å². The quantitative estimate of drug-likeness (QED) is 0.767. The van der Waals surface area contributed by atoms with Crippen LogP contribution in [0.25, 0.3) is 0 Å². The first-order chi connectivity index (χ1) is 9.95. The Morgan fingerprint density at radius 2 is 2.10 bits per heavy atom. The smallest absolute Gasteiger partial charge is 0.231 e. The van der Waals surface area contributed by atoms with E-state index >= 15 is 0 Å². The van der Waals surface area contributed by atoms with Crippen LogP contribution in [0.4, 0.5) is 0 Å². The van der Waals surface area contributed by atoms with E-state index in [1.54, 1.807) is 11.0 Å². The fraction of sp³-hybridized carbons (Fsp3) is 0.500. The molecule has 0 aromatic heterocycles. The van der Waals surface area contributed by atoms with E-state index in [1.807, 2.05) is 26.0 Å². The van der Waals surface area contributed by atoms with Crippen molar-refractivity contribution in [3.05, 3.63) is 29.3 Å². The maximum Gasteiger partial charge on any atom is 0.231 e. The van der Waals surface area contributed by atoms with Crippen LogP contribution in [0.3, 0.4) is 0 Å². The van der Waals surface area contributed by atoms with Crippen LogP contribution in [-0.2, 0) is 11.2 Å². The van der Waals surface area contributed by atoms with Gasteiger partial charge in [0.15, 0.2) is 5.78 Å². The van der Waals surface area contributed by atoms with Gasteiger partial charge in [-0.3, -0.25) is 14.5 Å². The highest BCUT2D eigenvalue weighted by Crippen LogP contribution is 2.26. The van der Waals surface area contributed by atoms with Gasteiger partial charge in [-0.1, -0.05) is 13.8 Å². The number of benzene rings is 1. The minimum absolute atomic E-state index is 0.00611. The van der Waals surface area contributed by atoms with Gasteiger partial charge in [0, 0.05) is 18.5 Å². The molecular formula is C16H22N2O3. The fourth-order valence-corrected chi connectivity index (χ4v) is 2.58. The molecule has 5 nitrogen and oxygen atoms in total. The van der Waals surface area contributed by atoms with E-state index in [4.69, 9.17) is 10.5 Å². The molecule has 2 N–H and O–H groups in total. The first-order valence-corrected chi connectivity index (χ1v) is 7.25. The molecule has 114 valence electrons. The summed E-state index contributed by atoms with van der Waals surface area (Å²) in [5, 5.41) is 0. The van der Waals surface area contributed by atoms with Crippen LogP contribution in [0.5, 0.6) is 5.75 Å². The molecule has 1 aromatic rings. The molecular weight excluding hydrogens is 268 g/mol. The number of ketones is 1. The summed E-state index contributed by atoms with van der Waals surface area (Å²) >= 11 is 0. The Morgan fingerprint density at radius 3 is 2.76 bits per heavy atom. The fourth-order valence-electron chi connectivity index (χ4n) is 2.58. The zero-order valence-corrected chi connectivity index (χ0v) is 12.6. The summed E-state index contributed by atoms with van der Waals surface area (Å²) in [4.78, 5) is 25.3. The number of carbonyl (C=O) groups excluding carboxylic acids is 2. The van der Waals surface area contributed by atoms with Crippen molar-refractivity contribution in [2.45, 2.75) is 20.3 Å². The lowest BCUT2D eigenvalue weighted by Gasteiger charge is -2.22. The van der Waals surface area contributed by atoms with Crippen LogP contribution in [0.15, 0.2) is 18.2 Å². The molecule has 1 aliphatic rings. The second-order valence-electron chi connectivity index (χ2n) is 5.87. The average molecular weight is 290 g/mol. The van der Waals surface area contributed by atoms with E-state index in [2.05, 4.69) is 0 Å². The molecule has 0 saturated heterocycles. The Balaban J connectivity index is 2.05. The Bertz CT molecular complexity index is 540. The number of fused-ring (bicyclic) bond motifs is 1. The lowest BCUT2D eigenvalue weighted by Crippen LogP contribution is -2.39. The molecule has 0 spiro atoms. The molecule has 0 fully saturated rings. The SMILES string of the molecule is CC(C)CN(CC(N)=O)CC(=O)c1ccc2c(c1)CCO2. The van der Waals surface area contributed by atoms with Gasteiger partial charge in [-0.05, 0) is 29.7 Å². The highest BCUT2D eigenvalue weighted by Gasteiger charge is 2.18. The number of rotatable bonds is 7. The van der Waals surface area contributed by atoms with Gasteiger partial charge in [0.1, 0.15) is 5.75 Å². The Hall–Kier alpha value is -1.88. The number of amides is 1. The summed E-state index contributed by atoms with van der Waals surface area (Å²) in [6.45, 7) is 5.76. The van der Waals surface area contributed by atoms with Gasteiger partial charge in [-0.25, -0.2) is 0 Å². The Kier molecular flexibility index (Phi) is 4.96. The lowest BCUT2D eigenvalue weighted by atomic mass is 10.0. The van der Waals surface area contributed by atoms with Crippen molar-refractivity contribution < 1.29 is 14.3 Å². The number of hydrogen-bond acceptors (Lipinski definition) is 4. The second-order valence-corrected chi connectivity index (χ2v) is 5.87. The summed E-state index contributed by atoms with van der Waals surface area (Å²) in [6.07, 6.45) is 0.841. The van der Waals surface area contributed by atoms with Gasteiger partial charge < -0.3 is 10.5 Å². The van der Waals surface area contributed by atoms with E-state index in [1.165, 1.54) is 0 Å². The van der Waals surface area contributed by atoms with Gasteiger partial charge in [0.25, 0.3) is 0 Å². The Morgan fingerprint density at radius 1 is 1.33 bits per heavy atom. The minimum atomic E-state index is -0.411. The van der Waals surface area contributed by atoms with Crippen LogP contribution >= 0.6 is 0 Å². The van der Waals surface area contributed by atoms with Crippen molar-refractivity contribution in [2.24, 2.45) is 11.7 Å². The molecule has 0 radical (unpaired) electrons. The highest BCUT2D eigenvalue weighted by molar-refractivity contribution is 5.98. The lowest BCUT2D eigenvalue weighted by molar-refractivity contribution is -0.119. The first kappa shape index (κ1) is 15.5. The van der Waals surface area contributed by atoms with Gasteiger partial charge in [-0.15, -0.1) is 0 Å². The molecule has 1 aliphatic heterocycles. The van der Waals surface area contributed by atoms with Crippen LogP contribution in [-0.4, -0.2) is 42.8 Å². The summed E-state index contributed by atoms with van der Waals surface area (Å²) in [5.74, 6) is 0.825. The summed E-state index contributed by atoms with van der Waals surface area (Å²) in [6, 6.07) is 5.52. The molecule has 5 heteroatoms. The normalized spacial score (nSPS) is 13.3. The van der Waals surface area contributed by atoms with Crippen LogP contribution in [0.1, 0.15) is 29.8 Å². The number of hydrogen-bond donors (Lipinski definition) is 1.